The Morgan fingerprint density at radius 2 is 1.78 bits per heavy atom. The third kappa shape index (κ3) is 6.32. The monoisotopic (exact) mass is 608 g/mol. The van der Waals surface area contributed by atoms with Crippen LogP contribution in [0.2, 0.25) is 0 Å². The van der Waals surface area contributed by atoms with Crippen LogP contribution in [0.5, 0.6) is 11.5 Å². The number of para-hydroxylation sites is 1. The van der Waals surface area contributed by atoms with Crippen molar-refractivity contribution >= 4 is 40.1 Å². The number of rotatable bonds is 10. The molecule has 150 valence electrons. The average Bonchev–Trinajstić information content (AvgIpc) is 2.70. The van der Waals surface area contributed by atoms with Crippen LogP contribution in [0, 0.1) is 15.6 Å². The third-order valence-electron chi connectivity index (χ3n) is 3.23. The Hall–Kier alpha value is -0.860. The predicted molar refractivity (Wildman–Crippen MR) is 94.9 cm³/mol. The van der Waals surface area contributed by atoms with E-state index in [-0.39, 0.29) is 21.7 Å². The van der Waals surface area contributed by atoms with Gasteiger partial charge in [-0.3, -0.25) is 0 Å². The fraction of sp³-hybridized carbons (Fsp3) is 0.143. The molecule has 0 amide bonds. The van der Waals surface area contributed by atoms with Crippen molar-refractivity contribution in [2.45, 2.75) is 0 Å². The molecule has 0 aliphatic rings. The molecule has 2 rings (SSSR count). The molecule has 0 fully saturated rings. The number of halogens is 2. The molecule has 3 unspecified atom stereocenters. The molecule has 0 aromatic heterocycles. The Kier molecular flexibility index (Phi) is 9.32. The Morgan fingerprint density at radius 3 is 2.44 bits per heavy atom. The third-order valence-corrected chi connectivity index (χ3v) is 4.91. The van der Waals surface area contributed by atoms with Gasteiger partial charge in [0.1, 0.15) is 0 Å². The second-order valence-corrected chi connectivity index (χ2v) is 6.93. The maximum absolute atomic E-state index is 12.2. The molecule has 0 aliphatic carbocycles. The van der Waals surface area contributed by atoms with Gasteiger partial charge in [0.25, 0.3) is 0 Å². The first-order chi connectivity index (χ1) is 13.0. The van der Waals surface area contributed by atoms with E-state index in [0.717, 1.165) is 0 Å². The van der Waals surface area contributed by atoms with Gasteiger partial charge in [-0.05, 0) is 0 Å². The number of hydrogen-bond donors (Lipinski definition) is 4. The first kappa shape index (κ1) is 22.4. The molecule has 0 saturated carbocycles. The first-order valence-corrected chi connectivity index (χ1v) is 10.5. The summed E-state index contributed by atoms with van der Waals surface area (Å²) in [6.07, 6.45) is 0. The molecule has 0 saturated heterocycles. The summed E-state index contributed by atoms with van der Waals surface area (Å²) in [6, 6.07) is 10.5. The average molecular weight is 608 g/mol. The Morgan fingerprint density at radius 1 is 1.04 bits per heavy atom. The van der Waals surface area contributed by atoms with E-state index in [1.165, 1.54) is 48.3 Å². The first-order valence-electron chi connectivity index (χ1n) is 7.24. The van der Waals surface area contributed by atoms with Crippen LogP contribution in [0.25, 0.3) is 0 Å². The standard InChI is InChI=1S/C14H16I2N3O8/c1-24-10-6-7-11(17(20)21)13(8-10)19(23)27-16-9-25-14-5-3-2-4-12(14)18(22)26-15/h2-8,17-20H,9H2,1H3/q-1. The normalized spacial score (nSPS) is 14.6. The predicted octanol–water partition coefficient (Wildman–Crippen LogP) is -3.62. The number of benzene rings is 2. The Bertz CT molecular complexity index is 739. The summed E-state index contributed by atoms with van der Waals surface area (Å²) in [5.74, 6) is 0.648. The quantitative estimate of drug-likeness (QED) is 0.0940. The molecular formula is C14H16I2N3O8-. The van der Waals surface area contributed by atoms with Crippen molar-refractivity contribution in [3.63, 3.8) is 0 Å². The molecule has 13 heteroatoms. The van der Waals surface area contributed by atoms with E-state index >= 15 is 0 Å². The van der Waals surface area contributed by atoms with Crippen molar-refractivity contribution in [3.05, 3.63) is 58.1 Å². The fourth-order valence-corrected chi connectivity index (χ4v) is 3.35. The van der Waals surface area contributed by atoms with Crippen LogP contribution in [-0.2, 0) is 6.33 Å². The van der Waals surface area contributed by atoms with E-state index < -0.39 is 37.3 Å². The molecule has 0 radical (unpaired) electrons. The number of quaternary nitrogens is 3. The number of nitrogens with one attached hydrogen (secondary N) is 3. The Balaban J connectivity index is 1.97. The summed E-state index contributed by atoms with van der Waals surface area (Å²) in [5.41, 5.74) is -0.0282. The van der Waals surface area contributed by atoms with Crippen LogP contribution in [-0.4, -0.2) is 16.9 Å². The topological polar surface area (TPSA) is 140 Å². The van der Waals surface area contributed by atoms with Gasteiger partial charge in [0.2, 0.25) is 0 Å². The van der Waals surface area contributed by atoms with E-state index in [0.29, 0.717) is 11.5 Å². The molecule has 0 aliphatic heterocycles. The van der Waals surface area contributed by atoms with E-state index in [1.54, 1.807) is 24.3 Å². The maximum atomic E-state index is 12.2. The van der Waals surface area contributed by atoms with Gasteiger partial charge in [0.15, 0.2) is 0 Å². The molecular weight excluding hydrogens is 592 g/mol. The summed E-state index contributed by atoms with van der Waals surface area (Å²) < 4.78 is 20.4. The van der Waals surface area contributed by atoms with Gasteiger partial charge in [-0.2, -0.15) is 0 Å². The Labute approximate surface area is 179 Å². The SMILES string of the molecule is COc1ccc([NH+]([O-])O)c([NH+]([O-])O[I-]COc2ccccc2[NH+]([O-])OI)c1. The van der Waals surface area contributed by atoms with Gasteiger partial charge in [0.05, 0.1) is 0 Å². The molecule has 0 spiro atoms. The molecule has 27 heavy (non-hydrogen) atoms. The molecule has 0 heterocycles. The van der Waals surface area contributed by atoms with E-state index in [4.69, 9.17) is 12.6 Å². The fourth-order valence-electron chi connectivity index (χ4n) is 2.00. The van der Waals surface area contributed by atoms with Crippen LogP contribution < -0.4 is 46.8 Å². The zero-order valence-corrected chi connectivity index (χ0v) is 18.1. The van der Waals surface area contributed by atoms with E-state index in [1.807, 2.05) is 0 Å². The van der Waals surface area contributed by atoms with Gasteiger partial charge < -0.3 is 0 Å². The van der Waals surface area contributed by atoms with Crippen LogP contribution in [0.3, 0.4) is 0 Å². The van der Waals surface area contributed by atoms with Crippen LogP contribution >= 0.6 is 23.0 Å². The minimum atomic E-state index is -1.25. The number of alkyl halides is 1. The molecule has 0 bridgehead atoms. The van der Waals surface area contributed by atoms with Gasteiger partial charge in [-0.1, -0.05) is 0 Å². The molecule has 2 aromatic rings. The van der Waals surface area contributed by atoms with Gasteiger partial charge in [0, 0.05) is 0 Å². The van der Waals surface area contributed by atoms with E-state index in [2.05, 4.69) is 3.17 Å². The molecule has 4 N–H and O–H groups in total. The van der Waals surface area contributed by atoms with Crippen LogP contribution in [0.15, 0.2) is 42.5 Å². The summed E-state index contributed by atoms with van der Waals surface area (Å²) in [6.45, 7) is 0. The van der Waals surface area contributed by atoms with Gasteiger partial charge in [-0.25, -0.2) is 0 Å². The summed E-state index contributed by atoms with van der Waals surface area (Å²) in [7, 11) is 1.41. The summed E-state index contributed by atoms with van der Waals surface area (Å²) in [4.78, 5) is 0. The summed E-state index contributed by atoms with van der Waals surface area (Å²) >= 11 is 0.271. The number of methoxy groups -OCH3 is 1. The van der Waals surface area contributed by atoms with E-state index in [9.17, 15) is 20.8 Å². The molecule has 11 nitrogen and oxygen atoms in total. The minimum absolute atomic E-state index is 0.0720. The zero-order valence-electron chi connectivity index (χ0n) is 13.8. The molecule has 3 atom stereocenters. The second-order valence-electron chi connectivity index (χ2n) is 4.80. The van der Waals surface area contributed by atoms with Crippen molar-refractivity contribution in [2.24, 2.45) is 0 Å². The van der Waals surface area contributed by atoms with Gasteiger partial charge in [-0.15, -0.1) is 0 Å². The van der Waals surface area contributed by atoms with Gasteiger partial charge >= 0.3 is 180 Å². The van der Waals surface area contributed by atoms with Crippen molar-refractivity contribution in [1.82, 2.24) is 0 Å². The number of hydrogen-bond acceptors (Lipinski definition) is 8. The number of ether oxygens (including phenoxy) is 2. The zero-order chi connectivity index (χ0) is 19.8. The van der Waals surface area contributed by atoms with Crippen molar-refractivity contribution in [1.29, 1.82) is 0 Å². The van der Waals surface area contributed by atoms with Crippen LogP contribution in [0.1, 0.15) is 0 Å². The van der Waals surface area contributed by atoms with Crippen LogP contribution in [0.4, 0.5) is 17.1 Å². The summed E-state index contributed by atoms with van der Waals surface area (Å²) in [5, 5.41) is 41.8. The molecule has 2 aromatic carbocycles. The van der Waals surface area contributed by atoms with Crippen molar-refractivity contribution < 1.29 is 58.3 Å². The van der Waals surface area contributed by atoms with Crippen molar-refractivity contribution in [2.75, 3.05) is 11.7 Å². The van der Waals surface area contributed by atoms with Crippen molar-refractivity contribution in [3.8, 4) is 11.5 Å². The second kappa shape index (κ2) is 11.2.